The highest BCUT2D eigenvalue weighted by Gasteiger charge is 2.20. The summed E-state index contributed by atoms with van der Waals surface area (Å²) >= 11 is 1.69. The molecule has 0 saturated heterocycles. The highest BCUT2D eigenvalue weighted by Crippen LogP contribution is 2.18. The maximum atomic E-state index is 13.2. The topological polar surface area (TPSA) is 55.2 Å². The van der Waals surface area contributed by atoms with Crippen LogP contribution in [0.3, 0.4) is 0 Å². The minimum absolute atomic E-state index is 0.156. The summed E-state index contributed by atoms with van der Waals surface area (Å²) in [6, 6.07) is 15.3. The van der Waals surface area contributed by atoms with Gasteiger partial charge >= 0.3 is 0 Å². The Hall–Kier alpha value is -2.60. The third-order valence-corrected chi connectivity index (χ3v) is 5.28. The molecule has 0 radical (unpaired) electrons. The summed E-state index contributed by atoms with van der Waals surface area (Å²) in [6.07, 6.45) is 2.04. The van der Waals surface area contributed by atoms with Crippen molar-refractivity contribution < 1.29 is 4.79 Å². The fraction of sp³-hybridized carbons (Fsp3) is 0.318. The van der Waals surface area contributed by atoms with E-state index in [4.69, 9.17) is 0 Å². The summed E-state index contributed by atoms with van der Waals surface area (Å²) < 4.78 is 1.42. The molecule has 0 saturated carbocycles. The number of amides is 1. The average Bonchev–Trinajstić information content (AvgIpc) is 2.70. The summed E-state index contributed by atoms with van der Waals surface area (Å²) in [6.45, 7) is 5.00. The Morgan fingerprint density at radius 2 is 1.75 bits per heavy atom. The van der Waals surface area contributed by atoms with Crippen LogP contribution < -0.4 is 5.56 Å². The molecule has 2 aromatic carbocycles. The largest absolute Gasteiger partial charge is 0.336 e. The zero-order valence-electron chi connectivity index (χ0n) is 16.7. The van der Waals surface area contributed by atoms with Crippen LogP contribution in [0.2, 0.25) is 0 Å². The van der Waals surface area contributed by atoms with Crippen molar-refractivity contribution in [3.8, 4) is 0 Å². The number of hydrogen-bond donors (Lipinski definition) is 0. The van der Waals surface area contributed by atoms with Crippen molar-refractivity contribution in [1.82, 2.24) is 14.7 Å². The van der Waals surface area contributed by atoms with E-state index in [1.54, 1.807) is 35.8 Å². The monoisotopic (exact) mass is 395 g/mol. The molecular formula is C22H25N3O2S. The van der Waals surface area contributed by atoms with Gasteiger partial charge in [-0.15, -0.1) is 11.8 Å². The number of rotatable bonds is 6. The van der Waals surface area contributed by atoms with Gasteiger partial charge in [-0.1, -0.05) is 44.2 Å². The Bertz CT molecular complexity index is 1040. The van der Waals surface area contributed by atoms with Crippen LogP contribution >= 0.6 is 11.8 Å². The van der Waals surface area contributed by atoms with Crippen molar-refractivity contribution in [2.45, 2.75) is 31.8 Å². The molecule has 5 nitrogen and oxygen atoms in total. The summed E-state index contributed by atoms with van der Waals surface area (Å²) in [7, 11) is 1.76. The number of hydrogen-bond acceptors (Lipinski definition) is 4. The first-order chi connectivity index (χ1) is 13.4. The van der Waals surface area contributed by atoms with Crippen LogP contribution in [-0.2, 0) is 13.1 Å². The Balaban J connectivity index is 1.97. The van der Waals surface area contributed by atoms with Gasteiger partial charge in [0.1, 0.15) is 0 Å². The van der Waals surface area contributed by atoms with E-state index >= 15 is 0 Å². The van der Waals surface area contributed by atoms with Crippen LogP contribution in [0.1, 0.15) is 29.9 Å². The Morgan fingerprint density at radius 3 is 2.36 bits per heavy atom. The predicted molar refractivity (Wildman–Crippen MR) is 115 cm³/mol. The van der Waals surface area contributed by atoms with E-state index in [1.807, 2.05) is 44.4 Å². The van der Waals surface area contributed by atoms with E-state index in [-0.39, 0.29) is 17.4 Å². The van der Waals surface area contributed by atoms with Gasteiger partial charge in [0, 0.05) is 30.4 Å². The lowest BCUT2D eigenvalue weighted by atomic mass is 10.1. The Labute approximate surface area is 169 Å². The Kier molecular flexibility index (Phi) is 6.19. The van der Waals surface area contributed by atoms with Crippen LogP contribution in [0.5, 0.6) is 0 Å². The van der Waals surface area contributed by atoms with Crippen molar-refractivity contribution in [1.29, 1.82) is 0 Å². The molecule has 1 heterocycles. The maximum absolute atomic E-state index is 13.2. The lowest BCUT2D eigenvalue weighted by Gasteiger charge is -2.19. The lowest BCUT2D eigenvalue weighted by Crippen LogP contribution is -2.32. The van der Waals surface area contributed by atoms with Crippen LogP contribution in [0.4, 0.5) is 0 Å². The molecule has 0 atom stereocenters. The number of aromatic nitrogens is 2. The van der Waals surface area contributed by atoms with Crippen LogP contribution in [0.15, 0.2) is 58.2 Å². The number of benzene rings is 2. The number of nitrogens with zero attached hydrogens (tertiary/aromatic N) is 3. The minimum Gasteiger partial charge on any atom is -0.336 e. The quantitative estimate of drug-likeness (QED) is 0.591. The highest BCUT2D eigenvalue weighted by atomic mass is 32.2. The highest BCUT2D eigenvalue weighted by molar-refractivity contribution is 7.98. The number of fused-ring (bicyclic) bond motifs is 1. The molecule has 0 aliphatic carbocycles. The van der Waals surface area contributed by atoms with Crippen molar-refractivity contribution in [3.63, 3.8) is 0 Å². The number of carbonyl (C=O) groups is 1. The van der Waals surface area contributed by atoms with E-state index in [0.717, 1.165) is 5.56 Å². The predicted octanol–water partition coefficient (Wildman–Crippen LogP) is 4.05. The second-order valence-corrected chi connectivity index (χ2v) is 8.16. The smallest absolute Gasteiger partial charge is 0.274 e. The number of carbonyl (C=O) groups excluding carboxylic acids is 1. The second kappa shape index (κ2) is 8.61. The first-order valence-corrected chi connectivity index (χ1v) is 10.5. The van der Waals surface area contributed by atoms with Gasteiger partial charge in [-0.05, 0) is 35.9 Å². The third kappa shape index (κ3) is 4.28. The molecule has 0 N–H and O–H groups in total. The van der Waals surface area contributed by atoms with Gasteiger partial charge in [0.25, 0.3) is 11.5 Å². The summed E-state index contributed by atoms with van der Waals surface area (Å²) in [5.41, 5.74) is 1.21. The molecular weight excluding hydrogens is 370 g/mol. The first-order valence-electron chi connectivity index (χ1n) is 9.29. The maximum Gasteiger partial charge on any atom is 0.274 e. The van der Waals surface area contributed by atoms with Gasteiger partial charge in [0.05, 0.1) is 5.39 Å². The summed E-state index contributed by atoms with van der Waals surface area (Å²) in [5.74, 6) is 0.0599. The van der Waals surface area contributed by atoms with Gasteiger partial charge in [0.2, 0.25) is 0 Å². The number of thioether (sulfide) groups is 1. The van der Waals surface area contributed by atoms with Crippen molar-refractivity contribution in [2.24, 2.45) is 5.92 Å². The van der Waals surface area contributed by atoms with Gasteiger partial charge in [0.15, 0.2) is 5.69 Å². The van der Waals surface area contributed by atoms with Gasteiger partial charge in [-0.25, -0.2) is 4.68 Å². The van der Waals surface area contributed by atoms with Gasteiger partial charge in [-0.2, -0.15) is 5.10 Å². The van der Waals surface area contributed by atoms with Gasteiger partial charge < -0.3 is 4.90 Å². The fourth-order valence-electron chi connectivity index (χ4n) is 3.12. The zero-order chi connectivity index (χ0) is 20.3. The van der Waals surface area contributed by atoms with Crippen molar-refractivity contribution >= 4 is 28.4 Å². The summed E-state index contributed by atoms with van der Waals surface area (Å²) in [4.78, 5) is 28.7. The third-order valence-electron chi connectivity index (χ3n) is 4.53. The molecule has 0 spiro atoms. The molecule has 0 aliphatic heterocycles. The molecule has 0 bridgehead atoms. The molecule has 0 unspecified atom stereocenters. The van der Waals surface area contributed by atoms with E-state index in [2.05, 4.69) is 17.2 Å². The average molecular weight is 396 g/mol. The molecule has 3 aromatic rings. The zero-order valence-corrected chi connectivity index (χ0v) is 17.5. The SMILES string of the molecule is CSc1ccc(CN(C)C(=O)c2nn(CC(C)C)c(=O)c3ccccc23)cc1. The molecule has 0 fully saturated rings. The van der Waals surface area contributed by atoms with E-state index in [0.29, 0.717) is 29.6 Å². The first kappa shape index (κ1) is 20.1. The molecule has 146 valence electrons. The lowest BCUT2D eigenvalue weighted by molar-refractivity contribution is 0.0778. The van der Waals surface area contributed by atoms with Crippen LogP contribution in [0, 0.1) is 5.92 Å². The Morgan fingerprint density at radius 1 is 1.11 bits per heavy atom. The van der Waals surface area contributed by atoms with Crippen molar-refractivity contribution in [3.05, 3.63) is 70.1 Å². The molecule has 3 rings (SSSR count). The fourth-order valence-corrected chi connectivity index (χ4v) is 3.53. The molecule has 28 heavy (non-hydrogen) atoms. The van der Waals surface area contributed by atoms with E-state index in [9.17, 15) is 9.59 Å². The second-order valence-electron chi connectivity index (χ2n) is 7.28. The standard InChI is InChI=1S/C22H25N3O2S/c1-15(2)13-25-21(26)19-8-6-5-7-18(19)20(23-25)22(27)24(3)14-16-9-11-17(28-4)12-10-16/h5-12,15H,13-14H2,1-4H3. The molecule has 0 aliphatic rings. The molecule has 6 heteroatoms. The van der Waals surface area contributed by atoms with Gasteiger partial charge in [-0.3, -0.25) is 9.59 Å². The van der Waals surface area contributed by atoms with E-state index in [1.165, 1.54) is 9.58 Å². The van der Waals surface area contributed by atoms with Crippen LogP contribution in [0.25, 0.3) is 10.8 Å². The van der Waals surface area contributed by atoms with E-state index < -0.39 is 0 Å². The minimum atomic E-state index is -0.192. The summed E-state index contributed by atoms with van der Waals surface area (Å²) in [5, 5.41) is 5.57. The van der Waals surface area contributed by atoms with Crippen LogP contribution in [-0.4, -0.2) is 33.9 Å². The molecule has 1 amide bonds. The molecule has 1 aromatic heterocycles. The normalized spacial score (nSPS) is 11.2. The van der Waals surface area contributed by atoms with Crippen molar-refractivity contribution in [2.75, 3.05) is 13.3 Å².